The fourth-order valence-corrected chi connectivity index (χ4v) is 4.75. The predicted octanol–water partition coefficient (Wildman–Crippen LogP) is 1.63. The van der Waals surface area contributed by atoms with Crippen molar-refractivity contribution in [3.05, 3.63) is 46.5 Å². The third-order valence-electron chi connectivity index (χ3n) is 6.63. The zero-order valence-corrected chi connectivity index (χ0v) is 17.1. The molecule has 0 radical (unpaired) electrons. The lowest BCUT2D eigenvalue weighted by Gasteiger charge is -2.33. The number of carbonyl (C=O) groups excluding carboxylic acids is 2. The van der Waals surface area contributed by atoms with Crippen molar-refractivity contribution in [2.75, 3.05) is 13.1 Å². The van der Waals surface area contributed by atoms with Crippen LogP contribution in [-0.2, 0) is 28.3 Å². The number of rotatable bonds is 3. The lowest BCUT2D eigenvalue weighted by atomic mass is 9.80. The first-order valence-electron chi connectivity index (χ1n) is 10.6. The number of piperidine rings is 1. The third kappa shape index (κ3) is 3.77. The second-order valence-corrected chi connectivity index (χ2v) is 9.00. The number of carbonyl (C=O) groups is 2. The topological polar surface area (TPSA) is 89.9 Å². The van der Waals surface area contributed by atoms with Crippen LogP contribution >= 0.6 is 0 Å². The van der Waals surface area contributed by atoms with E-state index in [1.807, 2.05) is 32.0 Å². The van der Waals surface area contributed by atoms with Gasteiger partial charge in [-0.25, -0.2) is 0 Å². The van der Waals surface area contributed by atoms with Crippen molar-refractivity contribution >= 4 is 11.7 Å². The summed E-state index contributed by atoms with van der Waals surface area (Å²) in [6.07, 6.45) is 2.01. The zero-order chi connectivity index (χ0) is 20.8. The van der Waals surface area contributed by atoms with E-state index in [4.69, 9.17) is 0 Å². The first kappa shape index (κ1) is 20.3. The van der Waals surface area contributed by atoms with Gasteiger partial charge in [0.25, 0.3) is 5.91 Å². The third-order valence-corrected chi connectivity index (χ3v) is 6.63. The van der Waals surface area contributed by atoms with Crippen LogP contribution in [0.3, 0.4) is 0 Å². The Kier molecular flexibility index (Phi) is 5.36. The van der Waals surface area contributed by atoms with Gasteiger partial charge in [0.15, 0.2) is 0 Å². The summed E-state index contributed by atoms with van der Waals surface area (Å²) in [4.78, 5) is 27.0. The molecule has 1 aromatic carbocycles. The molecule has 6 nitrogen and oxygen atoms in total. The number of fused-ring (bicyclic) bond motifs is 1. The van der Waals surface area contributed by atoms with Crippen LogP contribution in [0.2, 0.25) is 0 Å². The van der Waals surface area contributed by atoms with Crippen LogP contribution < -0.4 is 5.32 Å². The molecule has 4 rings (SSSR count). The number of nitrogens with zero attached hydrogens (tertiary/aromatic N) is 1. The minimum Gasteiger partial charge on any atom is -0.388 e. The summed E-state index contributed by atoms with van der Waals surface area (Å²) in [6, 6.07) is 6.00. The molecular formula is C23H30N2O4. The highest BCUT2D eigenvalue weighted by molar-refractivity contribution is 5.99. The maximum Gasteiger partial charge on any atom is 0.252 e. The van der Waals surface area contributed by atoms with Crippen molar-refractivity contribution in [2.45, 2.75) is 57.9 Å². The molecule has 1 saturated heterocycles. The Balaban J connectivity index is 1.54. The molecule has 1 aliphatic carbocycles. The Bertz CT molecular complexity index is 854. The van der Waals surface area contributed by atoms with Gasteiger partial charge in [0.1, 0.15) is 5.78 Å². The van der Waals surface area contributed by atoms with Crippen molar-refractivity contribution in [1.82, 2.24) is 10.2 Å². The summed E-state index contributed by atoms with van der Waals surface area (Å²) in [5, 5.41) is 24.6. The molecule has 2 heterocycles. The molecule has 2 unspecified atom stereocenters. The molecule has 1 amide bonds. The Morgan fingerprint density at radius 2 is 1.90 bits per heavy atom. The monoisotopic (exact) mass is 398 g/mol. The van der Waals surface area contributed by atoms with E-state index in [9.17, 15) is 19.8 Å². The first-order chi connectivity index (χ1) is 13.8. The highest BCUT2D eigenvalue weighted by atomic mass is 16.3. The maximum absolute atomic E-state index is 13.1. The number of amides is 1. The van der Waals surface area contributed by atoms with Crippen LogP contribution in [0.15, 0.2) is 29.8 Å². The molecule has 3 aliphatic rings. The van der Waals surface area contributed by atoms with E-state index in [0.717, 1.165) is 29.8 Å². The van der Waals surface area contributed by atoms with E-state index in [-0.39, 0.29) is 29.9 Å². The quantitative estimate of drug-likeness (QED) is 0.720. The summed E-state index contributed by atoms with van der Waals surface area (Å²) in [5.41, 5.74) is 2.56. The molecule has 0 spiro atoms. The fraction of sp³-hybridized carbons (Fsp3) is 0.565. The van der Waals surface area contributed by atoms with Gasteiger partial charge in [0.2, 0.25) is 0 Å². The van der Waals surface area contributed by atoms with Gasteiger partial charge in [0, 0.05) is 31.0 Å². The van der Waals surface area contributed by atoms with E-state index >= 15 is 0 Å². The van der Waals surface area contributed by atoms with Crippen LogP contribution in [0.25, 0.3) is 0 Å². The lowest BCUT2D eigenvalue weighted by Crippen LogP contribution is -2.39. The van der Waals surface area contributed by atoms with Gasteiger partial charge < -0.3 is 20.4 Å². The lowest BCUT2D eigenvalue weighted by molar-refractivity contribution is -0.130. The van der Waals surface area contributed by atoms with Gasteiger partial charge >= 0.3 is 0 Å². The molecule has 2 aliphatic heterocycles. The molecular weight excluding hydrogens is 368 g/mol. The number of allylic oxidation sites excluding steroid dienone is 1. The molecule has 0 bridgehead atoms. The smallest absolute Gasteiger partial charge is 0.252 e. The van der Waals surface area contributed by atoms with Crippen LogP contribution in [-0.4, -0.2) is 46.0 Å². The number of benzene rings is 1. The Labute approximate surface area is 171 Å². The van der Waals surface area contributed by atoms with E-state index in [0.29, 0.717) is 31.5 Å². The van der Waals surface area contributed by atoms with Crippen molar-refractivity contribution in [3.8, 4) is 0 Å². The number of nitrogens with one attached hydrogen (secondary N) is 1. The molecule has 156 valence electrons. The highest BCUT2D eigenvalue weighted by Gasteiger charge is 2.37. The van der Waals surface area contributed by atoms with E-state index in [2.05, 4.69) is 5.32 Å². The maximum atomic E-state index is 13.1. The number of ketones is 1. The SMILES string of the molecule is CC(C)C1C=C(C(=O)N2Cc3ccc(C4(O)CCNCC4)cc3C2)C(O)CC1=O. The van der Waals surface area contributed by atoms with Crippen LogP contribution in [0.1, 0.15) is 49.8 Å². The molecule has 1 aromatic rings. The summed E-state index contributed by atoms with van der Waals surface area (Å²) < 4.78 is 0. The number of aliphatic hydroxyl groups is 2. The van der Waals surface area contributed by atoms with E-state index in [1.54, 1.807) is 11.0 Å². The van der Waals surface area contributed by atoms with Crippen LogP contribution in [0.5, 0.6) is 0 Å². The highest BCUT2D eigenvalue weighted by Crippen LogP contribution is 2.35. The second-order valence-electron chi connectivity index (χ2n) is 9.00. The van der Waals surface area contributed by atoms with Crippen molar-refractivity contribution < 1.29 is 19.8 Å². The van der Waals surface area contributed by atoms with Crippen LogP contribution in [0.4, 0.5) is 0 Å². The normalized spacial score (nSPS) is 26.4. The Morgan fingerprint density at radius 3 is 2.59 bits per heavy atom. The average molecular weight is 399 g/mol. The molecule has 0 saturated carbocycles. The Hall–Kier alpha value is -2.02. The fourth-order valence-electron chi connectivity index (χ4n) is 4.75. The molecule has 29 heavy (non-hydrogen) atoms. The Morgan fingerprint density at radius 1 is 1.21 bits per heavy atom. The minimum absolute atomic E-state index is 0.00591. The number of hydrogen-bond donors (Lipinski definition) is 3. The summed E-state index contributed by atoms with van der Waals surface area (Å²) in [5.74, 6) is -0.424. The molecule has 0 aromatic heterocycles. The van der Waals surface area contributed by atoms with Gasteiger partial charge in [-0.1, -0.05) is 38.1 Å². The second kappa shape index (κ2) is 7.67. The van der Waals surface area contributed by atoms with Crippen LogP contribution in [0, 0.1) is 11.8 Å². The largest absolute Gasteiger partial charge is 0.388 e. The van der Waals surface area contributed by atoms with Gasteiger partial charge in [-0.3, -0.25) is 9.59 Å². The number of aliphatic hydroxyl groups excluding tert-OH is 1. The summed E-state index contributed by atoms with van der Waals surface area (Å²) in [7, 11) is 0. The molecule has 1 fully saturated rings. The average Bonchev–Trinajstić information content (AvgIpc) is 3.11. The molecule has 6 heteroatoms. The standard InChI is InChI=1S/C23H30N2O4/c1-14(2)18-10-19(21(27)11-20(18)26)22(28)25-12-15-3-4-17(9-16(15)13-25)23(29)5-7-24-8-6-23/h3-4,9-10,14,18,21,24,27,29H,5-8,11-13H2,1-2H3. The first-order valence-corrected chi connectivity index (χ1v) is 10.6. The van der Waals surface area contributed by atoms with Crippen molar-refractivity contribution in [1.29, 1.82) is 0 Å². The summed E-state index contributed by atoms with van der Waals surface area (Å²) in [6.45, 7) is 6.44. The van der Waals surface area contributed by atoms with Gasteiger partial charge in [-0.2, -0.15) is 0 Å². The van der Waals surface area contributed by atoms with Crippen molar-refractivity contribution in [3.63, 3.8) is 0 Å². The van der Waals surface area contributed by atoms with Gasteiger partial charge in [-0.15, -0.1) is 0 Å². The number of hydrogen-bond acceptors (Lipinski definition) is 5. The van der Waals surface area contributed by atoms with Crippen molar-refractivity contribution in [2.24, 2.45) is 11.8 Å². The van der Waals surface area contributed by atoms with Gasteiger partial charge in [0.05, 0.1) is 11.7 Å². The molecule has 2 atom stereocenters. The number of Topliss-reactive ketones (excluding diaryl/α,β-unsaturated/α-hetero) is 1. The zero-order valence-electron chi connectivity index (χ0n) is 17.1. The van der Waals surface area contributed by atoms with E-state index < -0.39 is 11.7 Å². The van der Waals surface area contributed by atoms with Gasteiger partial charge in [-0.05, 0) is 48.5 Å². The minimum atomic E-state index is -1.03. The van der Waals surface area contributed by atoms with E-state index in [1.165, 1.54) is 0 Å². The predicted molar refractivity (Wildman–Crippen MR) is 109 cm³/mol. The molecule has 3 N–H and O–H groups in total. The summed E-state index contributed by atoms with van der Waals surface area (Å²) >= 11 is 0.